The molecule has 2 aromatic heterocycles. The highest BCUT2D eigenvalue weighted by Gasteiger charge is 2.10. The first-order valence-corrected chi connectivity index (χ1v) is 4.98. The van der Waals surface area contributed by atoms with Crippen LogP contribution in [-0.2, 0) is 0 Å². The quantitative estimate of drug-likeness (QED) is 0.328. The average Bonchev–Trinajstić information content (AvgIpc) is 2.68. The molecule has 2 heterocycles. The number of pyridine rings is 1. The second-order valence-corrected chi connectivity index (χ2v) is 3.35. The van der Waals surface area contributed by atoms with Crippen molar-refractivity contribution in [1.29, 1.82) is 0 Å². The number of hydrogen-bond donors (Lipinski definition) is 1. The van der Waals surface area contributed by atoms with Crippen molar-refractivity contribution in [3.05, 3.63) is 24.0 Å². The van der Waals surface area contributed by atoms with Crippen molar-refractivity contribution >= 4 is 30.1 Å². The molecule has 0 aromatic carbocycles. The smallest absolute Gasteiger partial charge is 0.238 e. The normalized spacial score (nSPS) is 9.81. The van der Waals surface area contributed by atoms with E-state index in [0.29, 0.717) is 23.1 Å². The molecule has 0 saturated heterocycles. The zero-order valence-electron chi connectivity index (χ0n) is 8.87. The molecule has 0 aliphatic rings. The number of fused-ring (bicyclic) bond motifs is 1. The fourth-order valence-corrected chi connectivity index (χ4v) is 1.44. The summed E-state index contributed by atoms with van der Waals surface area (Å²) in [7, 11) is 5.63. The third kappa shape index (κ3) is 1.85. The number of aromatic amines is 1. The van der Waals surface area contributed by atoms with Crippen LogP contribution in [0.4, 0.5) is 0 Å². The van der Waals surface area contributed by atoms with Crippen LogP contribution >= 0.6 is 0 Å². The van der Waals surface area contributed by atoms with E-state index in [2.05, 4.69) is 21.8 Å². The second-order valence-electron chi connectivity index (χ2n) is 3.35. The fourth-order valence-electron chi connectivity index (χ4n) is 1.44. The van der Waals surface area contributed by atoms with E-state index in [-0.39, 0.29) is 5.78 Å². The largest absolute Gasteiger partial charge is 0.345 e. The first-order valence-electron chi connectivity index (χ1n) is 4.98. The van der Waals surface area contributed by atoms with E-state index in [9.17, 15) is 4.79 Å². The molecule has 0 amide bonds. The van der Waals surface area contributed by atoms with Gasteiger partial charge in [-0.2, -0.15) is 0 Å². The van der Waals surface area contributed by atoms with E-state index < -0.39 is 0 Å². The molecule has 4 heteroatoms. The summed E-state index contributed by atoms with van der Waals surface area (Å²) in [5.41, 5.74) is 1.70. The third-order valence-corrected chi connectivity index (χ3v) is 2.18. The number of Topliss-reactive ketones (excluding diaryl/α,β-unsaturated/α-hetero) is 1. The van der Waals surface area contributed by atoms with Gasteiger partial charge in [0, 0.05) is 24.2 Å². The predicted octanol–water partition coefficient (Wildman–Crippen LogP) is 0.953. The summed E-state index contributed by atoms with van der Waals surface area (Å²) in [6, 6.07) is 1.72. The molecule has 16 heavy (non-hydrogen) atoms. The van der Waals surface area contributed by atoms with Crippen LogP contribution in [0, 0.1) is 11.8 Å². The van der Waals surface area contributed by atoms with E-state index >= 15 is 0 Å². The maximum atomic E-state index is 11.7. The van der Waals surface area contributed by atoms with Gasteiger partial charge in [0.2, 0.25) is 5.78 Å². The van der Waals surface area contributed by atoms with E-state index in [1.165, 1.54) is 0 Å². The van der Waals surface area contributed by atoms with E-state index in [4.69, 9.17) is 7.85 Å². The Balaban J connectivity index is 2.53. The Morgan fingerprint density at radius 3 is 3.19 bits per heavy atom. The van der Waals surface area contributed by atoms with Crippen molar-refractivity contribution in [3.63, 3.8) is 0 Å². The molecule has 0 unspecified atom stereocenters. The zero-order chi connectivity index (χ0) is 11.5. The van der Waals surface area contributed by atoms with E-state index in [0.717, 1.165) is 5.39 Å². The van der Waals surface area contributed by atoms with Gasteiger partial charge >= 0.3 is 0 Å². The lowest BCUT2D eigenvalue weighted by molar-refractivity contribution is 0.105. The van der Waals surface area contributed by atoms with Crippen LogP contribution in [-0.4, -0.2) is 23.6 Å². The van der Waals surface area contributed by atoms with Gasteiger partial charge in [-0.1, -0.05) is 24.4 Å². The second kappa shape index (κ2) is 4.24. The monoisotopic (exact) mass is 208 g/mol. The minimum Gasteiger partial charge on any atom is -0.345 e. The standard InChI is InChI=1S/C12H9BN2O/c1-2-3-4-11(16)10-7-15-12-9(10)5-8(13)6-14-12/h5-7H,2H2,1H3,(H,14,15). The van der Waals surface area contributed by atoms with Gasteiger partial charge in [-0.3, -0.25) is 4.79 Å². The van der Waals surface area contributed by atoms with Crippen LogP contribution in [0.3, 0.4) is 0 Å². The number of carbonyl (C=O) groups excluding carboxylic acids is 1. The molecule has 0 atom stereocenters. The number of carbonyl (C=O) groups is 1. The van der Waals surface area contributed by atoms with Crippen molar-refractivity contribution in [1.82, 2.24) is 9.97 Å². The van der Waals surface area contributed by atoms with Gasteiger partial charge in [-0.05, 0) is 5.92 Å². The summed E-state index contributed by atoms with van der Waals surface area (Å²) in [6.45, 7) is 1.90. The van der Waals surface area contributed by atoms with Gasteiger partial charge in [0.1, 0.15) is 13.5 Å². The highest BCUT2D eigenvalue weighted by molar-refractivity contribution is 6.33. The van der Waals surface area contributed by atoms with Crippen LogP contribution < -0.4 is 5.46 Å². The molecule has 2 aromatic rings. The zero-order valence-corrected chi connectivity index (χ0v) is 8.87. The Morgan fingerprint density at radius 2 is 2.44 bits per heavy atom. The van der Waals surface area contributed by atoms with Gasteiger partial charge in [-0.15, -0.1) is 0 Å². The van der Waals surface area contributed by atoms with Crippen molar-refractivity contribution in [3.8, 4) is 11.8 Å². The van der Waals surface area contributed by atoms with Crippen molar-refractivity contribution in [2.75, 3.05) is 0 Å². The lowest BCUT2D eigenvalue weighted by Gasteiger charge is -1.94. The maximum absolute atomic E-state index is 11.7. The SMILES string of the molecule is [B]c1cnc2[nH]cc(C(=O)C#CCC)c2c1. The third-order valence-electron chi connectivity index (χ3n) is 2.18. The Labute approximate surface area is 94.7 Å². The minimum absolute atomic E-state index is 0.208. The van der Waals surface area contributed by atoms with Gasteiger partial charge in [-0.25, -0.2) is 4.98 Å². The molecule has 0 fully saturated rings. The van der Waals surface area contributed by atoms with Crippen molar-refractivity contribution < 1.29 is 4.79 Å². The highest BCUT2D eigenvalue weighted by atomic mass is 16.1. The lowest BCUT2D eigenvalue weighted by atomic mass is 9.97. The molecule has 0 aliphatic heterocycles. The summed E-state index contributed by atoms with van der Waals surface area (Å²) in [5.74, 6) is 5.11. The van der Waals surface area contributed by atoms with Crippen LogP contribution in [0.5, 0.6) is 0 Å². The summed E-state index contributed by atoms with van der Waals surface area (Å²) in [6.07, 6.45) is 3.82. The predicted molar refractivity (Wildman–Crippen MR) is 63.9 cm³/mol. The number of H-pyrrole nitrogens is 1. The van der Waals surface area contributed by atoms with Gasteiger partial charge in [0.25, 0.3) is 0 Å². The number of nitrogens with zero attached hydrogens (tertiary/aromatic N) is 1. The Morgan fingerprint density at radius 1 is 1.62 bits per heavy atom. The first-order chi connectivity index (χ1) is 7.72. The molecule has 76 valence electrons. The molecule has 3 nitrogen and oxygen atoms in total. The number of aromatic nitrogens is 2. The van der Waals surface area contributed by atoms with Gasteiger partial charge < -0.3 is 4.98 Å². The Hall–Kier alpha value is -2.02. The van der Waals surface area contributed by atoms with E-state index in [1.54, 1.807) is 18.5 Å². The molecule has 0 spiro atoms. The molecule has 2 radical (unpaired) electrons. The maximum Gasteiger partial charge on any atom is 0.238 e. The van der Waals surface area contributed by atoms with Crippen LogP contribution in [0.1, 0.15) is 23.7 Å². The lowest BCUT2D eigenvalue weighted by Crippen LogP contribution is -2.03. The van der Waals surface area contributed by atoms with E-state index in [1.807, 2.05) is 6.92 Å². The van der Waals surface area contributed by atoms with Crippen molar-refractivity contribution in [2.45, 2.75) is 13.3 Å². The van der Waals surface area contributed by atoms with Crippen LogP contribution in [0.15, 0.2) is 18.5 Å². The fraction of sp³-hybridized carbons (Fsp3) is 0.167. The highest BCUT2D eigenvalue weighted by Crippen LogP contribution is 2.14. The summed E-state index contributed by atoms with van der Waals surface area (Å²) < 4.78 is 0. The minimum atomic E-state index is -0.208. The number of hydrogen-bond acceptors (Lipinski definition) is 2. The Bertz CT molecular complexity index is 604. The molecule has 1 N–H and O–H groups in total. The molecule has 0 bridgehead atoms. The molecule has 2 rings (SSSR count). The van der Waals surface area contributed by atoms with Gasteiger partial charge in [0.05, 0.1) is 5.56 Å². The molecule has 0 saturated carbocycles. The summed E-state index contributed by atoms with van der Waals surface area (Å²) >= 11 is 0. The van der Waals surface area contributed by atoms with Gasteiger partial charge in [0.15, 0.2) is 0 Å². The number of ketones is 1. The number of nitrogens with one attached hydrogen (secondary N) is 1. The van der Waals surface area contributed by atoms with Crippen molar-refractivity contribution in [2.24, 2.45) is 0 Å². The topological polar surface area (TPSA) is 45.8 Å². The summed E-state index contributed by atoms with van der Waals surface area (Å²) in [5, 5.41) is 0.718. The molecule has 0 aliphatic carbocycles. The first kappa shape index (κ1) is 10.5. The summed E-state index contributed by atoms with van der Waals surface area (Å²) in [4.78, 5) is 18.7. The molecular weight excluding hydrogens is 199 g/mol. The Kier molecular flexibility index (Phi) is 2.78. The van der Waals surface area contributed by atoms with Crippen LogP contribution in [0.25, 0.3) is 11.0 Å². The number of rotatable bonds is 1. The van der Waals surface area contributed by atoms with Crippen LogP contribution in [0.2, 0.25) is 0 Å². The molecular formula is C12H9BN2O. The average molecular weight is 208 g/mol.